The van der Waals surface area contributed by atoms with Crippen molar-refractivity contribution in [2.24, 2.45) is 0 Å². The van der Waals surface area contributed by atoms with Crippen LogP contribution in [0.3, 0.4) is 0 Å². The molecule has 1 atom stereocenters. The topological polar surface area (TPSA) is 42.2 Å². The largest absolute Gasteiger partial charge is 0.472 e. The van der Waals surface area contributed by atoms with Crippen molar-refractivity contribution < 1.29 is 9.21 Å². The number of thioether (sulfide) groups is 1. The molecule has 1 aliphatic heterocycles. The van der Waals surface area contributed by atoms with E-state index in [0.29, 0.717) is 18.0 Å². The SMILES string of the molecule is O=C(CC1CSCCN1)c1ccoc1. The first-order valence-corrected chi connectivity index (χ1v) is 5.88. The Morgan fingerprint density at radius 1 is 1.71 bits per heavy atom. The molecule has 0 aromatic carbocycles. The highest BCUT2D eigenvalue weighted by Crippen LogP contribution is 2.13. The third kappa shape index (κ3) is 2.39. The van der Waals surface area contributed by atoms with Gasteiger partial charge in [-0.3, -0.25) is 4.79 Å². The number of nitrogens with one attached hydrogen (secondary N) is 1. The van der Waals surface area contributed by atoms with Crippen LogP contribution in [-0.4, -0.2) is 29.9 Å². The molecule has 0 saturated carbocycles. The zero-order valence-electron chi connectivity index (χ0n) is 7.86. The van der Waals surface area contributed by atoms with Crippen molar-refractivity contribution in [3.05, 3.63) is 24.2 Å². The molecular formula is C10H13NO2S. The lowest BCUT2D eigenvalue weighted by Crippen LogP contribution is -2.38. The summed E-state index contributed by atoms with van der Waals surface area (Å²) in [6.07, 6.45) is 3.63. The van der Waals surface area contributed by atoms with E-state index in [1.54, 1.807) is 6.07 Å². The van der Waals surface area contributed by atoms with Gasteiger partial charge in [-0.2, -0.15) is 11.8 Å². The van der Waals surface area contributed by atoms with Gasteiger partial charge in [0.15, 0.2) is 5.78 Å². The molecule has 2 heterocycles. The third-order valence-electron chi connectivity index (χ3n) is 2.27. The van der Waals surface area contributed by atoms with Gasteiger partial charge in [-0.25, -0.2) is 0 Å². The molecule has 3 nitrogen and oxygen atoms in total. The molecule has 0 amide bonds. The first-order valence-electron chi connectivity index (χ1n) is 4.73. The van der Waals surface area contributed by atoms with Crippen LogP contribution in [0.2, 0.25) is 0 Å². The molecule has 1 fully saturated rings. The second-order valence-electron chi connectivity index (χ2n) is 3.37. The first-order chi connectivity index (χ1) is 6.86. The Hall–Kier alpha value is -0.740. The van der Waals surface area contributed by atoms with Gasteiger partial charge < -0.3 is 9.73 Å². The fraction of sp³-hybridized carbons (Fsp3) is 0.500. The van der Waals surface area contributed by atoms with E-state index in [0.717, 1.165) is 18.1 Å². The molecule has 1 aliphatic rings. The Balaban J connectivity index is 1.87. The summed E-state index contributed by atoms with van der Waals surface area (Å²) in [5, 5.41) is 3.34. The van der Waals surface area contributed by atoms with Gasteiger partial charge in [-0.15, -0.1) is 0 Å². The fourth-order valence-electron chi connectivity index (χ4n) is 1.52. The maximum Gasteiger partial charge on any atom is 0.167 e. The van der Waals surface area contributed by atoms with E-state index in [9.17, 15) is 4.79 Å². The first kappa shape index (κ1) is 9.80. The van der Waals surface area contributed by atoms with E-state index in [4.69, 9.17) is 4.42 Å². The summed E-state index contributed by atoms with van der Waals surface area (Å²) in [5.74, 6) is 2.35. The van der Waals surface area contributed by atoms with Crippen molar-refractivity contribution >= 4 is 17.5 Å². The molecule has 2 rings (SSSR count). The van der Waals surface area contributed by atoms with Gasteiger partial charge in [0.2, 0.25) is 0 Å². The molecule has 0 bridgehead atoms. The monoisotopic (exact) mass is 211 g/mol. The summed E-state index contributed by atoms with van der Waals surface area (Å²) in [6, 6.07) is 2.05. The molecule has 1 N–H and O–H groups in total. The molecule has 1 saturated heterocycles. The standard InChI is InChI=1S/C10H13NO2S/c12-10(8-1-3-13-6-8)5-9-7-14-4-2-11-9/h1,3,6,9,11H,2,4-5,7H2. The molecular weight excluding hydrogens is 198 g/mol. The normalized spacial score (nSPS) is 22.1. The number of ketones is 1. The van der Waals surface area contributed by atoms with Crippen LogP contribution in [0.25, 0.3) is 0 Å². The van der Waals surface area contributed by atoms with Crippen molar-refractivity contribution in [2.75, 3.05) is 18.1 Å². The number of Topliss-reactive ketones (excluding diaryl/α,β-unsaturated/α-hetero) is 1. The second-order valence-corrected chi connectivity index (χ2v) is 4.52. The number of hydrogen-bond acceptors (Lipinski definition) is 4. The van der Waals surface area contributed by atoms with E-state index < -0.39 is 0 Å². The highest BCUT2D eigenvalue weighted by Gasteiger charge is 2.17. The zero-order chi connectivity index (χ0) is 9.80. The van der Waals surface area contributed by atoms with Gasteiger partial charge >= 0.3 is 0 Å². The minimum absolute atomic E-state index is 0.166. The molecule has 1 aromatic heterocycles. The number of carbonyl (C=O) groups is 1. The summed E-state index contributed by atoms with van der Waals surface area (Å²) in [7, 11) is 0. The summed E-state index contributed by atoms with van der Waals surface area (Å²) in [5.41, 5.74) is 0.683. The van der Waals surface area contributed by atoms with E-state index in [1.807, 2.05) is 11.8 Å². The van der Waals surface area contributed by atoms with Crippen LogP contribution < -0.4 is 5.32 Å². The predicted octanol–water partition coefficient (Wildman–Crippen LogP) is 1.56. The molecule has 1 unspecified atom stereocenters. The number of hydrogen-bond donors (Lipinski definition) is 1. The van der Waals surface area contributed by atoms with E-state index >= 15 is 0 Å². The Bertz CT molecular complexity index is 291. The summed E-state index contributed by atoms with van der Waals surface area (Å²) in [6.45, 7) is 1.01. The van der Waals surface area contributed by atoms with Crippen LogP contribution >= 0.6 is 11.8 Å². The molecule has 0 spiro atoms. The molecule has 76 valence electrons. The molecule has 1 aromatic rings. The van der Waals surface area contributed by atoms with Crippen LogP contribution in [0.5, 0.6) is 0 Å². The van der Waals surface area contributed by atoms with Crippen molar-refractivity contribution in [1.29, 1.82) is 0 Å². The Morgan fingerprint density at radius 2 is 2.64 bits per heavy atom. The van der Waals surface area contributed by atoms with E-state index in [-0.39, 0.29) is 5.78 Å². The summed E-state index contributed by atoms with van der Waals surface area (Å²) >= 11 is 1.90. The molecule has 4 heteroatoms. The maximum absolute atomic E-state index is 11.7. The highest BCUT2D eigenvalue weighted by atomic mass is 32.2. The van der Waals surface area contributed by atoms with Gasteiger partial charge in [0.05, 0.1) is 11.8 Å². The smallest absolute Gasteiger partial charge is 0.167 e. The minimum Gasteiger partial charge on any atom is -0.472 e. The van der Waals surface area contributed by atoms with Gasteiger partial charge in [-0.05, 0) is 6.07 Å². The van der Waals surface area contributed by atoms with E-state index in [2.05, 4.69) is 5.32 Å². The molecule has 0 aliphatic carbocycles. The Labute approximate surface area is 87.2 Å². The summed E-state index contributed by atoms with van der Waals surface area (Å²) in [4.78, 5) is 11.7. The van der Waals surface area contributed by atoms with E-state index in [1.165, 1.54) is 12.5 Å². The number of furan rings is 1. The lowest BCUT2D eigenvalue weighted by atomic mass is 10.1. The van der Waals surface area contributed by atoms with Crippen LogP contribution in [0, 0.1) is 0 Å². The van der Waals surface area contributed by atoms with Crippen molar-refractivity contribution in [3.63, 3.8) is 0 Å². The lowest BCUT2D eigenvalue weighted by Gasteiger charge is -2.22. The number of carbonyl (C=O) groups excluding carboxylic acids is 1. The fourth-order valence-corrected chi connectivity index (χ4v) is 2.46. The average Bonchev–Trinajstić information content (AvgIpc) is 2.72. The van der Waals surface area contributed by atoms with Crippen LogP contribution in [-0.2, 0) is 0 Å². The van der Waals surface area contributed by atoms with Crippen LogP contribution in [0.15, 0.2) is 23.0 Å². The van der Waals surface area contributed by atoms with Gasteiger partial charge in [0.1, 0.15) is 6.26 Å². The third-order valence-corrected chi connectivity index (χ3v) is 3.40. The van der Waals surface area contributed by atoms with Gasteiger partial charge in [-0.1, -0.05) is 0 Å². The Kier molecular flexibility index (Phi) is 3.26. The summed E-state index contributed by atoms with van der Waals surface area (Å²) < 4.78 is 4.88. The number of rotatable bonds is 3. The molecule has 0 radical (unpaired) electrons. The Morgan fingerprint density at radius 3 is 3.29 bits per heavy atom. The van der Waals surface area contributed by atoms with Crippen molar-refractivity contribution in [2.45, 2.75) is 12.5 Å². The highest BCUT2D eigenvalue weighted by molar-refractivity contribution is 7.99. The van der Waals surface area contributed by atoms with Crippen LogP contribution in [0.1, 0.15) is 16.8 Å². The lowest BCUT2D eigenvalue weighted by molar-refractivity contribution is 0.0971. The molecule has 14 heavy (non-hydrogen) atoms. The quantitative estimate of drug-likeness (QED) is 0.770. The second kappa shape index (κ2) is 4.66. The van der Waals surface area contributed by atoms with Crippen molar-refractivity contribution in [3.8, 4) is 0 Å². The average molecular weight is 211 g/mol. The van der Waals surface area contributed by atoms with Gasteiger partial charge in [0, 0.05) is 30.5 Å². The van der Waals surface area contributed by atoms with Crippen molar-refractivity contribution in [1.82, 2.24) is 5.32 Å². The van der Waals surface area contributed by atoms with Crippen LogP contribution in [0.4, 0.5) is 0 Å². The zero-order valence-corrected chi connectivity index (χ0v) is 8.68. The minimum atomic E-state index is 0.166. The predicted molar refractivity (Wildman–Crippen MR) is 56.8 cm³/mol. The van der Waals surface area contributed by atoms with Gasteiger partial charge in [0.25, 0.3) is 0 Å². The maximum atomic E-state index is 11.7.